The second-order valence-corrected chi connectivity index (χ2v) is 10.8. The molecular weight excluding hydrogens is 470 g/mol. The van der Waals surface area contributed by atoms with E-state index in [-0.39, 0.29) is 23.1 Å². The van der Waals surface area contributed by atoms with Crippen LogP contribution in [-0.4, -0.2) is 29.3 Å². The molecule has 6 heteroatoms. The van der Waals surface area contributed by atoms with Crippen LogP contribution < -0.4 is 9.47 Å². The molecule has 1 aliphatic heterocycles. The molecule has 36 heavy (non-hydrogen) atoms. The quantitative estimate of drug-likeness (QED) is 0.246. The summed E-state index contributed by atoms with van der Waals surface area (Å²) in [6.07, 6.45) is 1.72. The SMILES string of the molecule is Cc1cccc(CN2C(=O)S/C(=C\c3ccccc3OCCOc3ccc(C(C)(C)C)cc3)C2=O)c1. The minimum atomic E-state index is -0.289. The average molecular weight is 502 g/mol. The van der Waals surface area contributed by atoms with Crippen LogP contribution in [0.2, 0.25) is 0 Å². The highest BCUT2D eigenvalue weighted by atomic mass is 32.2. The van der Waals surface area contributed by atoms with Gasteiger partial charge in [0.15, 0.2) is 0 Å². The highest BCUT2D eigenvalue weighted by molar-refractivity contribution is 8.18. The minimum Gasteiger partial charge on any atom is -0.490 e. The van der Waals surface area contributed by atoms with Gasteiger partial charge in [-0.25, -0.2) is 0 Å². The maximum absolute atomic E-state index is 13.0. The van der Waals surface area contributed by atoms with Crippen molar-refractivity contribution in [2.24, 2.45) is 0 Å². The van der Waals surface area contributed by atoms with Crippen molar-refractivity contribution < 1.29 is 19.1 Å². The van der Waals surface area contributed by atoms with E-state index in [9.17, 15) is 9.59 Å². The number of imide groups is 1. The van der Waals surface area contributed by atoms with E-state index >= 15 is 0 Å². The molecule has 3 aromatic carbocycles. The molecular formula is C30H31NO4S. The van der Waals surface area contributed by atoms with Crippen LogP contribution in [0.1, 0.15) is 43.0 Å². The highest BCUT2D eigenvalue weighted by Gasteiger charge is 2.35. The van der Waals surface area contributed by atoms with Crippen molar-refractivity contribution in [1.82, 2.24) is 4.90 Å². The Morgan fingerprint density at radius 3 is 2.33 bits per heavy atom. The summed E-state index contributed by atoms with van der Waals surface area (Å²) in [6.45, 7) is 9.52. The number of aryl methyl sites for hydroxylation is 1. The highest BCUT2D eigenvalue weighted by Crippen LogP contribution is 2.35. The zero-order valence-electron chi connectivity index (χ0n) is 21.1. The molecule has 1 heterocycles. The third-order valence-electron chi connectivity index (χ3n) is 5.83. The van der Waals surface area contributed by atoms with E-state index in [1.807, 2.05) is 67.6 Å². The first-order valence-electron chi connectivity index (χ1n) is 12.0. The van der Waals surface area contributed by atoms with Crippen LogP contribution in [0.15, 0.2) is 77.7 Å². The lowest BCUT2D eigenvalue weighted by Crippen LogP contribution is -2.27. The molecule has 2 amide bonds. The molecule has 1 saturated heterocycles. The van der Waals surface area contributed by atoms with Crippen LogP contribution in [0.5, 0.6) is 11.5 Å². The number of amides is 2. The van der Waals surface area contributed by atoms with Crippen molar-refractivity contribution in [3.63, 3.8) is 0 Å². The molecule has 0 N–H and O–H groups in total. The van der Waals surface area contributed by atoms with Gasteiger partial charge in [-0.15, -0.1) is 0 Å². The summed E-state index contributed by atoms with van der Waals surface area (Å²) in [6, 6.07) is 23.4. The van der Waals surface area contributed by atoms with Crippen LogP contribution in [0.4, 0.5) is 4.79 Å². The fraction of sp³-hybridized carbons (Fsp3) is 0.267. The zero-order valence-corrected chi connectivity index (χ0v) is 21.9. The normalized spacial score (nSPS) is 15.0. The molecule has 1 fully saturated rings. The Balaban J connectivity index is 1.37. The van der Waals surface area contributed by atoms with Crippen LogP contribution in [0, 0.1) is 6.92 Å². The standard InChI is InChI=1S/C30H31NO4S/c1-21-8-7-9-22(18-21)20-31-28(32)27(36-29(31)33)19-23-10-5-6-11-26(23)35-17-16-34-25-14-12-24(13-15-25)30(2,3)4/h5-15,18-19H,16-17,20H2,1-4H3/b27-19-. The van der Waals surface area contributed by atoms with Gasteiger partial charge in [0.05, 0.1) is 11.4 Å². The smallest absolute Gasteiger partial charge is 0.293 e. The van der Waals surface area contributed by atoms with E-state index in [0.29, 0.717) is 23.9 Å². The number of ether oxygens (including phenoxy) is 2. The average Bonchev–Trinajstić information content (AvgIpc) is 3.10. The van der Waals surface area contributed by atoms with Crippen molar-refractivity contribution >= 4 is 29.0 Å². The van der Waals surface area contributed by atoms with Crippen LogP contribution in [0.25, 0.3) is 6.08 Å². The van der Waals surface area contributed by atoms with Crippen LogP contribution in [-0.2, 0) is 16.8 Å². The van der Waals surface area contributed by atoms with Crippen molar-refractivity contribution in [2.75, 3.05) is 13.2 Å². The first-order valence-corrected chi connectivity index (χ1v) is 12.8. The lowest BCUT2D eigenvalue weighted by Gasteiger charge is -2.19. The summed E-state index contributed by atoms with van der Waals surface area (Å²) in [5.74, 6) is 1.14. The van der Waals surface area contributed by atoms with Gasteiger partial charge in [-0.05, 0) is 59.5 Å². The lowest BCUT2D eigenvalue weighted by molar-refractivity contribution is -0.123. The number of thioether (sulfide) groups is 1. The van der Waals surface area contributed by atoms with E-state index in [4.69, 9.17) is 9.47 Å². The second kappa shape index (κ2) is 11.0. The van der Waals surface area contributed by atoms with Gasteiger partial charge in [-0.3, -0.25) is 14.5 Å². The monoisotopic (exact) mass is 501 g/mol. The molecule has 0 aliphatic carbocycles. The van der Waals surface area contributed by atoms with Crippen molar-refractivity contribution in [3.8, 4) is 11.5 Å². The number of para-hydroxylation sites is 1. The second-order valence-electron chi connectivity index (χ2n) is 9.77. The number of hydrogen-bond acceptors (Lipinski definition) is 5. The number of benzene rings is 3. The molecule has 0 bridgehead atoms. The number of carbonyl (C=O) groups excluding carboxylic acids is 2. The fourth-order valence-electron chi connectivity index (χ4n) is 3.86. The van der Waals surface area contributed by atoms with E-state index in [1.54, 1.807) is 6.08 Å². The molecule has 0 aromatic heterocycles. The van der Waals surface area contributed by atoms with Gasteiger partial charge < -0.3 is 9.47 Å². The summed E-state index contributed by atoms with van der Waals surface area (Å²) in [4.78, 5) is 27.2. The molecule has 4 rings (SSSR count). The van der Waals surface area contributed by atoms with Gasteiger partial charge in [0, 0.05) is 5.56 Å². The van der Waals surface area contributed by atoms with Crippen molar-refractivity contribution in [1.29, 1.82) is 0 Å². The minimum absolute atomic E-state index is 0.0983. The van der Waals surface area contributed by atoms with E-state index in [0.717, 1.165) is 34.2 Å². The summed E-state index contributed by atoms with van der Waals surface area (Å²) in [7, 11) is 0. The molecule has 5 nitrogen and oxygen atoms in total. The molecule has 0 radical (unpaired) electrons. The molecule has 0 unspecified atom stereocenters. The van der Waals surface area contributed by atoms with Crippen molar-refractivity contribution in [2.45, 2.75) is 39.7 Å². The number of hydrogen-bond donors (Lipinski definition) is 0. The van der Waals surface area contributed by atoms with Gasteiger partial charge in [-0.1, -0.05) is 80.9 Å². The predicted octanol–water partition coefficient (Wildman–Crippen LogP) is 6.99. The Hall–Kier alpha value is -3.51. The Morgan fingerprint density at radius 2 is 1.61 bits per heavy atom. The summed E-state index contributed by atoms with van der Waals surface area (Å²) in [5.41, 5.74) is 4.11. The zero-order chi connectivity index (χ0) is 25.7. The molecule has 0 spiro atoms. The third-order valence-corrected chi connectivity index (χ3v) is 6.74. The van der Waals surface area contributed by atoms with Gasteiger partial charge in [0.1, 0.15) is 24.7 Å². The predicted molar refractivity (Wildman–Crippen MR) is 145 cm³/mol. The summed E-state index contributed by atoms with van der Waals surface area (Å²) >= 11 is 0.955. The van der Waals surface area contributed by atoms with Crippen LogP contribution in [0.3, 0.4) is 0 Å². The largest absolute Gasteiger partial charge is 0.490 e. The molecule has 0 saturated carbocycles. The van der Waals surface area contributed by atoms with Gasteiger partial charge in [0.25, 0.3) is 11.1 Å². The van der Waals surface area contributed by atoms with E-state index in [2.05, 4.69) is 32.9 Å². The Labute approximate surface area is 217 Å². The van der Waals surface area contributed by atoms with Gasteiger partial charge in [0.2, 0.25) is 0 Å². The van der Waals surface area contributed by atoms with Crippen LogP contribution >= 0.6 is 11.8 Å². The molecule has 186 valence electrons. The topological polar surface area (TPSA) is 55.8 Å². The van der Waals surface area contributed by atoms with Crippen molar-refractivity contribution in [3.05, 3.63) is 100.0 Å². The first kappa shape index (κ1) is 25.6. The summed E-state index contributed by atoms with van der Waals surface area (Å²) < 4.78 is 11.8. The number of carbonyl (C=O) groups is 2. The molecule has 0 atom stereocenters. The Bertz CT molecular complexity index is 1270. The Morgan fingerprint density at radius 1 is 0.889 bits per heavy atom. The third kappa shape index (κ3) is 6.38. The molecule has 3 aromatic rings. The fourth-order valence-corrected chi connectivity index (χ4v) is 4.69. The lowest BCUT2D eigenvalue weighted by atomic mass is 9.87. The number of rotatable bonds is 8. The molecule has 1 aliphatic rings. The Kier molecular flexibility index (Phi) is 7.85. The van der Waals surface area contributed by atoms with Gasteiger partial charge in [-0.2, -0.15) is 0 Å². The van der Waals surface area contributed by atoms with E-state index in [1.165, 1.54) is 10.5 Å². The number of nitrogens with zero attached hydrogens (tertiary/aromatic N) is 1. The van der Waals surface area contributed by atoms with Gasteiger partial charge >= 0.3 is 0 Å². The maximum atomic E-state index is 13.0. The maximum Gasteiger partial charge on any atom is 0.293 e. The van der Waals surface area contributed by atoms with E-state index < -0.39 is 0 Å². The summed E-state index contributed by atoms with van der Waals surface area (Å²) in [5, 5.41) is -0.267. The first-order chi connectivity index (χ1) is 17.2.